The van der Waals surface area contributed by atoms with Crippen LogP contribution < -0.4 is 29.0 Å². The van der Waals surface area contributed by atoms with Gasteiger partial charge in [0.05, 0.1) is 21.3 Å². The maximum absolute atomic E-state index is 12.6. The molecule has 0 spiro atoms. The van der Waals surface area contributed by atoms with Gasteiger partial charge < -0.3 is 29.0 Å². The van der Waals surface area contributed by atoms with Gasteiger partial charge in [-0.1, -0.05) is 6.07 Å². The number of fused-ring (bicyclic) bond motifs is 1. The summed E-state index contributed by atoms with van der Waals surface area (Å²) in [7, 11) is 4.51. The molecule has 2 aromatic rings. The number of hydrogen-bond donors (Lipinski definition) is 1. The molecule has 7 nitrogen and oxygen atoms in total. The molecular weight excluding hydrogens is 326 g/mol. The molecule has 0 atom stereocenters. The predicted octanol–water partition coefficient (Wildman–Crippen LogP) is 2.37. The van der Waals surface area contributed by atoms with Crippen LogP contribution in [-0.2, 0) is 6.54 Å². The van der Waals surface area contributed by atoms with Gasteiger partial charge in [-0.25, -0.2) is 0 Å². The Morgan fingerprint density at radius 1 is 1.00 bits per heavy atom. The summed E-state index contributed by atoms with van der Waals surface area (Å²) in [5.74, 6) is 2.36. The highest BCUT2D eigenvalue weighted by molar-refractivity contribution is 6.00. The third-order valence-corrected chi connectivity index (χ3v) is 3.83. The average molecular weight is 345 g/mol. The van der Waals surface area contributed by atoms with Gasteiger partial charge in [0.1, 0.15) is 22.8 Å². The summed E-state index contributed by atoms with van der Waals surface area (Å²) in [5, 5.41) is 2.86. The van der Waals surface area contributed by atoms with Gasteiger partial charge in [-0.2, -0.15) is 0 Å². The van der Waals surface area contributed by atoms with E-state index in [0.29, 0.717) is 40.9 Å². The Bertz CT molecular complexity index is 764. The second-order valence-electron chi connectivity index (χ2n) is 5.28. The van der Waals surface area contributed by atoms with E-state index in [-0.39, 0.29) is 12.7 Å². The molecule has 0 radical (unpaired) electrons. The molecule has 0 unspecified atom stereocenters. The lowest BCUT2D eigenvalue weighted by Crippen LogP contribution is -2.24. The fraction of sp³-hybridized carbons (Fsp3) is 0.278. The number of nitrogens with one attached hydrogen (secondary N) is 1. The fourth-order valence-electron chi connectivity index (χ4n) is 2.55. The SMILES string of the molecule is COc1cc(OC)c(C(=O)NCc2ccc3c(c2)OCO3)c(OC)c1. The van der Waals surface area contributed by atoms with Crippen LogP contribution in [0.15, 0.2) is 30.3 Å². The predicted molar refractivity (Wildman–Crippen MR) is 89.8 cm³/mol. The molecule has 1 aliphatic heterocycles. The molecule has 0 bridgehead atoms. The summed E-state index contributed by atoms with van der Waals surface area (Å²) in [6.45, 7) is 0.541. The van der Waals surface area contributed by atoms with Gasteiger partial charge in [0, 0.05) is 18.7 Å². The van der Waals surface area contributed by atoms with Gasteiger partial charge in [-0.15, -0.1) is 0 Å². The van der Waals surface area contributed by atoms with Crippen LogP contribution in [0, 0.1) is 0 Å². The Labute approximate surface area is 145 Å². The van der Waals surface area contributed by atoms with E-state index < -0.39 is 0 Å². The topological polar surface area (TPSA) is 75.3 Å². The summed E-state index contributed by atoms with van der Waals surface area (Å²) < 4.78 is 26.4. The van der Waals surface area contributed by atoms with E-state index >= 15 is 0 Å². The number of ether oxygens (including phenoxy) is 5. The zero-order valence-electron chi connectivity index (χ0n) is 14.3. The summed E-state index contributed by atoms with van der Waals surface area (Å²) >= 11 is 0. The lowest BCUT2D eigenvalue weighted by molar-refractivity contribution is 0.0944. The number of amides is 1. The Balaban J connectivity index is 1.79. The Morgan fingerprint density at radius 2 is 1.68 bits per heavy atom. The van der Waals surface area contributed by atoms with Crippen molar-refractivity contribution >= 4 is 5.91 Å². The highest BCUT2D eigenvalue weighted by Crippen LogP contribution is 2.34. The van der Waals surface area contributed by atoms with Crippen molar-refractivity contribution in [1.29, 1.82) is 0 Å². The molecule has 0 fully saturated rings. The Morgan fingerprint density at radius 3 is 2.32 bits per heavy atom. The van der Waals surface area contributed by atoms with E-state index in [2.05, 4.69) is 5.32 Å². The van der Waals surface area contributed by atoms with Crippen molar-refractivity contribution < 1.29 is 28.5 Å². The monoisotopic (exact) mass is 345 g/mol. The highest BCUT2D eigenvalue weighted by Gasteiger charge is 2.20. The first-order chi connectivity index (χ1) is 12.2. The smallest absolute Gasteiger partial charge is 0.259 e. The third-order valence-electron chi connectivity index (χ3n) is 3.83. The molecule has 3 rings (SSSR count). The molecule has 132 valence electrons. The molecule has 7 heteroatoms. The largest absolute Gasteiger partial charge is 0.496 e. The molecule has 0 saturated heterocycles. The van der Waals surface area contributed by atoms with Crippen molar-refractivity contribution in [3.8, 4) is 28.7 Å². The molecule has 1 N–H and O–H groups in total. The second-order valence-corrected chi connectivity index (χ2v) is 5.28. The number of benzene rings is 2. The zero-order chi connectivity index (χ0) is 17.8. The van der Waals surface area contributed by atoms with Gasteiger partial charge in [0.15, 0.2) is 11.5 Å². The van der Waals surface area contributed by atoms with E-state index in [0.717, 1.165) is 5.56 Å². The Kier molecular flexibility index (Phi) is 4.83. The first-order valence-corrected chi connectivity index (χ1v) is 7.63. The molecule has 25 heavy (non-hydrogen) atoms. The minimum atomic E-state index is -0.311. The third kappa shape index (κ3) is 3.40. The molecule has 1 heterocycles. The van der Waals surface area contributed by atoms with Gasteiger partial charge in [-0.3, -0.25) is 4.79 Å². The van der Waals surface area contributed by atoms with Crippen LogP contribution in [0.3, 0.4) is 0 Å². The minimum absolute atomic E-state index is 0.214. The van der Waals surface area contributed by atoms with Gasteiger partial charge >= 0.3 is 0 Å². The molecule has 0 saturated carbocycles. The summed E-state index contributed by atoms with van der Waals surface area (Å²) in [4.78, 5) is 12.6. The summed E-state index contributed by atoms with van der Waals surface area (Å²) in [5.41, 5.74) is 1.20. The molecule has 2 aromatic carbocycles. The zero-order valence-corrected chi connectivity index (χ0v) is 14.3. The van der Waals surface area contributed by atoms with E-state index in [9.17, 15) is 4.79 Å². The minimum Gasteiger partial charge on any atom is -0.496 e. The molecule has 0 aliphatic carbocycles. The summed E-state index contributed by atoms with van der Waals surface area (Å²) in [6, 6.07) is 8.80. The van der Waals surface area contributed by atoms with Crippen LogP contribution in [0.5, 0.6) is 28.7 Å². The quantitative estimate of drug-likeness (QED) is 0.866. The molecular formula is C18H19NO6. The average Bonchev–Trinajstić information content (AvgIpc) is 3.12. The van der Waals surface area contributed by atoms with E-state index in [4.69, 9.17) is 23.7 Å². The number of methoxy groups -OCH3 is 3. The normalized spacial score (nSPS) is 11.8. The van der Waals surface area contributed by atoms with Crippen LogP contribution in [0.2, 0.25) is 0 Å². The molecule has 1 aliphatic rings. The van der Waals surface area contributed by atoms with Crippen molar-refractivity contribution in [3.05, 3.63) is 41.5 Å². The van der Waals surface area contributed by atoms with Crippen molar-refractivity contribution in [2.24, 2.45) is 0 Å². The van der Waals surface area contributed by atoms with Gasteiger partial charge in [-0.05, 0) is 17.7 Å². The van der Waals surface area contributed by atoms with Gasteiger partial charge in [0.25, 0.3) is 5.91 Å². The van der Waals surface area contributed by atoms with E-state index in [1.807, 2.05) is 18.2 Å². The summed E-state index contributed by atoms with van der Waals surface area (Å²) in [6.07, 6.45) is 0. The Hall–Kier alpha value is -3.09. The standard InChI is InChI=1S/C18H19NO6/c1-21-12-7-15(22-2)17(16(8-12)23-3)18(20)19-9-11-4-5-13-14(6-11)25-10-24-13/h4-8H,9-10H2,1-3H3,(H,19,20). The highest BCUT2D eigenvalue weighted by atomic mass is 16.7. The fourth-order valence-corrected chi connectivity index (χ4v) is 2.55. The van der Waals surface area contributed by atoms with Crippen LogP contribution in [0.25, 0.3) is 0 Å². The maximum atomic E-state index is 12.6. The van der Waals surface area contributed by atoms with E-state index in [1.165, 1.54) is 21.3 Å². The van der Waals surface area contributed by atoms with Crippen LogP contribution >= 0.6 is 0 Å². The van der Waals surface area contributed by atoms with Crippen molar-refractivity contribution in [1.82, 2.24) is 5.32 Å². The maximum Gasteiger partial charge on any atom is 0.259 e. The van der Waals surface area contributed by atoms with Crippen molar-refractivity contribution in [2.75, 3.05) is 28.1 Å². The number of carbonyl (C=O) groups is 1. The first-order valence-electron chi connectivity index (χ1n) is 7.63. The number of hydrogen-bond acceptors (Lipinski definition) is 6. The van der Waals surface area contributed by atoms with E-state index in [1.54, 1.807) is 12.1 Å². The molecule has 1 amide bonds. The van der Waals surface area contributed by atoms with Crippen LogP contribution in [0.4, 0.5) is 0 Å². The van der Waals surface area contributed by atoms with Gasteiger partial charge in [0.2, 0.25) is 6.79 Å². The number of rotatable bonds is 6. The molecule has 0 aromatic heterocycles. The first kappa shape index (κ1) is 16.8. The lowest BCUT2D eigenvalue weighted by atomic mass is 10.1. The number of carbonyl (C=O) groups excluding carboxylic acids is 1. The lowest BCUT2D eigenvalue weighted by Gasteiger charge is -2.15. The van der Waals surface area contributed by atoms with Crippen molar-refractivity contribution in [2.45, 2.75) is 6.54 Å². The van der Waals surface area contributed by atoms with Crippen LogP contribution in [0.1, 0.15) is 15.9 Å². The van der Waals surface area contributed by atoms with Crippen molar-refractivity contribution in [3.63, 3.8) is 0 Å². The second kappa shape index (κ2) is 7.21. The van der Waals surface area contributed by atoms with Crippen LogP contribution in [-0.4, -0.2) is 34.0 Å².